The summed E-state index contributed by atoms with van der Waals surface area (Å²) in [6, 6.07) is 8.33. The quantitative estimate of drug-likeness (QED) is 0.207. The molecule has 1 unspecified atom stereocenters. The molecule has 4 fully saturated rings. The molecule has 5 N–H and O–H groups in total. The van der Waals surface area contributed by atoms with E-state index >= 15 is 0 Å². The van der Waals surface area contributed by atoms with Crippen molar-refractivity contribution < 1.29 is 19.7 Å². The number of hydrogen-bond acceptors (Lipinski definition) is 6. The monoisotopic (exact) mass is 635 g/mol. The van der Waals surface area contributed by atoms with Crippen molar-refractivity contribution in [3.05, 3.63) is 30.5 Å². The number of hydrogen-bond donors (Lipinski definition) is 4. The fourth-order valence-electron chi connectivity index (χ4n) is 10.9. The van der Waals surface area contributed by atoms with Crippen molar-refractivity contribution in [1.82, 2.24) is 4.98 Å². The molecule has 256 valence electrons. The number of pyridine rings is 1. The Hall–Kier alpha value is -2.38. The molecule has 7 nitrogen and oxygen atoms in total. The van der Waals surface area contributed by atoms with Gasteiger partial charge in [0.15, 0.2) is 0 Å². The Morgan fingerprint density at radius 2 is 1.83 bits per heavy atom. The van der Waals surface area contributed by atoms with Crippen molar-refractivity contribution >= 4 is 22.6 Å². The van der Waals surface area contributed by atoms with Crippen molar-refractivity contribution in [1.29, 1.82) is 0 Å². The van der Waals surface area contributed by atoms with Crippen molar-refractivity contribution in [2.45, 2.75) is 123 Å². The molecule has 6 rings (SSSR count). The van der Waals surface area contributed by atoms with Gasteiger partial charge in [-0.2, -0.15) is 0 Å². The molecule has 2 aromatic rings. The zero-order valence-electron chi connectivity index (χ0n) is 29.1. The Balaban J connectivity index is 0.000000193. The van der Waals surface area contributed by atoms with E-state index in [1.54, 1.807) is 7.11 Å². The van der Waals surface area contributed by atoms with Crippen LogP contribution in [0.3, 0.4) is 0 Å². The van der Waals surface area contributed by atoms with Gasteiger partial charge in [-0.1, -0.05) is 26.8 Å². The molecule has 0 bridgehead atoms. The van der Waals surface area contributed by atoms with Crippen LogP contribution >= 0.6 is 0 Å². The van der Waals surface area contributed by atoms with E-state index in [1.165, 1.54) is 44.9 Å². The third-order valence-corrected chi connectivity index (χ3v) is 13.4. The van der Waals surface area contributed by atoms with Crippen molar-refractivity contribution in [3.8, 4) is 5.75 Å². The standard InChI is InChI=1S/C24H40O3.C15H21N3O/c1-15(4-9-22(26)27)19-7-8-20-18-6-5-16-14-17(25)10-12-23(16,2)21(18)11-13-24(19,20)3;1-11(5-3-7-16)18-14-10-13(19-2)9-12-6-4-8-17-15(12)14/h15-21,25H,4-14H2,1-3H3,(H,26,27);4,6,8-11,18H,3,5,7,16H2,1-2H3/t15-,16-,17-,18+,19-,20+,21+,23+,24-;/m1./s1. The van der Waals surface area contributed by atoms with E-state index in [1.807, 2.05) is 30.5 Å². The first kappa shape index (κ1) is 34.9. The highest BCUT2D eigenvalue weighted by Crippen LogP contribution is 2.68. The number of methoxy groups -OCH3 is 1. The number of fused-ring (bicyclic) bond motifs is 6. The van der Waals surface area contributed by atoms with Crippen molar-refractivity contribution in [3.63, 3.8) is 0 Å². The van der Waals surface area contributed by atoms with E-state index in [-0.39, 0.29) is 6.10 Å². The van der Waals surface area contributed by atoms with Crippen molar-refractivity contribution in [2.24, 2.45) is 52.1 Å². The zero-order valence-corrected chi connectivity index (χ0v) is 29.1. The minimum Gasteiger partial charge on any atom is -0.497 e. The summed E-state index contributed by atoms with van der Waals surface area (Å²) < 4.78 is 5.34. The molecule has 7 heteroatoms. The average molecular weight is 636 g/mol. The minimum atomic E-state index is -0.643. The third kappa shape index (κ3) is 7.21. The van der Waals surface area contributed by atoms with Crippen LogP contribution in [0.15, 0.2) is 30.5 Å². The zero-order chi connectivity index (χ0) is 33.1. The summed E-state index contributed by atoms with van der Waals surface area (Å²) >= 11 is 0. The number of aliphatic hydroxyl groups excluding tert-OH is 1. The highest BCUT2D eigenvalue weighted by molar-refractivity contribution is 5.91. The van der Waals surface area contributed by atoms with Gasteiger partial charge in [0.1, 0.15) is 5.75 Å². The van der Waals surface area contributed by atoms with Crippen LogP contribution in [-0.2, 0) is 4.79 Å². The number of nitrogens with zero attached hydrogens (tertiary/aromatic N) is 1. The molecule has 0 amide bonds. The van der Waals surface area contributed by atoms with Crippen LogP contribution in [0.5, 0.6) is 5.75 Å². The molecule has 0 aliphatic heterocycles. The number of carbonyl (C=O) groups is 1. The Morgan fingerprint density at radius 3 is 2.57 bits per heavy atom. The van der Waals surface area contributed by atoms with Crippen molar-refractivity contribution in [2.75, 3.05) is 19.0 Å². The van der Waals surface area contributed by atoms with Crippen LogP contribution in [0.1, 0.15) is 111 Å². The predicted molar refractivity (Wildman–Crippen MR) is 187 cm³/mol. The second-order valence-electron chi connectivity index (χ2n) is 15.9. The number of aliphatic carboxylic acids is 1. The topological polar surface area (TPSA) is 118 Å². The maximum atomic E-state index is 11.0. The molecule has 1 aromatic heterocycles. The number of nitrogens with one attached hydrogen (secondary N) is 1. The smallest absolute Gasteiger partial charge is 0.303 e. The molecule has 4 aliphatic rings. The van der Waals surface area contributed by atoms with Gasteiger partial charge in [-0.15, -0.1) is 0 Å². The van der Waals surface area contributed by atoms with Gasteiger partial charge in [0.05, 0.1) is 24.4 Å². The number of rotatable bonds is 10. The molecule has 4 saturated carbocycles. The van der Waals surface area contributed by atoms with E-state index in [4.69, 9.17) is 15.6 Å². The lowest BCUT2D eigenvalue weighted by Gasteiger charge is -2.61. The van der Waals surface area contributed by atoms with Gasteiger partial charge in [-0.3, -0.25) is 9.78 Å². The number of anilines is 1. The summed E-state index contributed by atoms with van der Waals surface area (Å²) in [5.74, 6) is 4.75. The fourth-order valence-corrected chi connectivity index (χ4v) is 10.9. The number of aliphatic hydroxyl groups is 1. The number of benzene rings is 1. The lowest BCUT2D eigenvalue weighted by Crippen LogP contribution is -2.54. The van der Waals surface area contributed by atoms with Crippen LogP contribution < -0.4 is 15.8 Å². The largest absolute Gasteiger partial charge is 0.497 e. The average Bonchev–Trinajstić information content (AvgIpc) is 3.40. The second kappa shape index (κ2) is 14.8. The summed E-state index contributed by atoms with van der Waals surface area (Å²) in [4.78, 5) is 15.5. The first-order valence-electron chi connectivity index (χ1n) is 18.3. The molecule has 4 aliphatic carbocycles. The van der Waals surface area contributed by atoms with E-state index in [0.717, 1.165) is 84.7 Å². The Morgan fingerprint density at radius 1 is 1.07 bits per heavy atom. The maximum absolute atomic E-state index is 11.0. The number of nitrogens with two attached hydrogens (primary N) is 1. The van der Waals surface area contributed by atoms with Gasteiger partial charge >= 0.3 is 5.97 Å². The molecule has 46 heavy (non-hydrogen) atoms. The third-order valence-electron chi connectivity index (χ3n) is 13.4. The number of ether oxygens (including phenoxy) is 1. The SMILES string of the molecule is COc1cc(NC(C)CCCN)c2ncccc2c1.C[C@H](CCC(=O)O)[C@H]1CC[C@H]2[C@@H]3CC[C@@H]4C[C@H](O)CC[C@]4(C)[C@H]3CC[C@]12C. The van der Waals surface area contributed by atoms with Crippen LogP contribution in [0.25, 0.3) is 10.9 Å². The van der Waals surface area contributed by atoms with Gasteiger partial charge in [0, 0.05) is 30.1 Å². The van der Waals surface area contributed by atoms with Gasteiger partial charge in [0.25, 0.3) is 0 Å². The van der Waals surface area contributed by atoms with E-state index in [9.17, 15) is 9.90 Å². The summed E-state index contributed by atoms with van der Waals surface area (Å²) in [5.41, 5.74) is 8.42. The highest BCUT2D eigenvalue weighted by Gasteiger charge is 2.60. The molecular formula is C39H61N3O4. The molecular weight excluding hydrogens is 574 g/mol. The molecule has 10 atom stereocenters. The van der Waals surface area contributed by atoms with E-state index in [2.05, 4.69) is 38.0 Å². The summed E-state index contributed by atoms with van der Waals surface area (Å²) in [7, 11) is 1.68. The first-order chi connectivity index (χ1) is 22.0. The minimum absolute atomic E-state index is 0.0561. The van der Waals surface area contributed by atoms with Gasteiger partial charge in [0.2, 0.25) is 0 Å². The highest BCUT2D eigenvalue weighted by atomic mass is 16.5. The molecule has 1 heterocycles. The lowest BCUT2D eigenvalue weighted by atomic mass is 9.44. The van der Waals surface area contributed by atoms with Gasteiger partial charge in [-0.05, 0) is 149 Å². The van der Waals surface area contributed by atoms with Gasteiger partial charge in [-0.25, -0.2) is 0 Å². The molecule has 0 radical (unpaired) electrons. The first-order valence-corrected chi connectivity index (χ1v) is 18.3. The van der Waals surface area contributed by atoms with Crippen LogP contribution in [0.2, 0.25) is 0 Å². The van der Waals surface area contributed by atoms with E-state index < -0.39 is 5.97 Å². The Labute approximate surface area is 277 Å². The second-order valence-corrected chi connectivity index (χ2v) is 15.9. The molecule has 1 aromatic carbocycles. The van der Waals surface area contributed by atoms with Crippen LogP contribution in [0.4, 0.5) is 5.69 Å². The molecule has 0 saturated heterocycles. The summed E-state index contributed by atoms with van der Waals surface area (Å²) in [6.07, 6.45) is 16.3. The van der Waals surface area contributed by atoms with Gasteiger partial charge < -0.3 is 26.0 Å². The number of carboxylic acid groups (broad SMARTS) is 1. The normalized spacial score (nSPS) is 34.7. The fraction of sp³-hybridized carbons (Fsp3) is 0.744. The molecule has 0 spiro atoms. The number of aromatic nitrogens is 1. The summed E-state index contributed by atoms with van der Waals surface area (Å²) in [5, 5.41) is 23.9. The van der Waals surface area contributed by atoms with Crippen LogP contribution in [0, 0.1) is 46.3 Å². The Bertz CT molecular complexity index is 1320. The predicted octanol–water partition coefficient (Wildman–Crippen LogP) is 8.29. The maximum Gasteiger partial charge on any atom is 0.303 e. The van der Waals surface area contributed by atoms with E-state index in [0.29, 0.717) is 35.1 Å². The number of carboxylic acids is 1. The lowest BCUT2D eigenvalue weighted by molar-refractivity contribution is -0.138. The Kier molecular flexibility index (Phi) is 11.2. The summed E-state index contributed by atoms with van der Waals surface area (Å²) in [6.45, 7) is 10.3. The van der Waals surface area contributed by atoms with Crippen LogP contribution in [-0.4, -0.2) is 47.0 Å².